The number of aromatic nitrogens is 1. The predicted octanol–water partition coefficient (Wildman–Crippen LogP) is 2.14. The molecule has 7 heteroatoms. The first-order valence-corrected chi connectivity index (χ1v) is 9.17. The van der Waals surface area contributed by atoms with Gasteiger partial charge in [-0.3, -0.25) is 0 Å². The van der Waals surface area contributed by atoms with Crippen molar-refractivity contribution in [2.24, 2.45) is 10.7 Å². The number of halogens is 2. The van der Waals surface area contributed by atoms with Gasteiger partial charge in [-0.1, -0.05) is 0 Å². The third-order valence-electron chi connectivity index (χ3n) is 4.78. The highest BCUT2D eigenvalue weighted by Gasteiger charge is 2.26. The summed E-state index contributed by atoms with van der Waals surface area (Å²) in [6.45, 7) is 0. The largest absolute Gasteiger partial charge is 0.497 e. The van der Waals surface area contributed by atoms with E-state index in [2.05, 4.69) is 4.98 Å². The molecular formula is C22H20F2N4O. The first-order valence-electron chi connectivity index (χ1n) is 9.17. The van der Waals surface area contributed by atoms with Crippen LogP contribution in [0, 0.1) is 11.6 Å². The summed E-state index contributed by atoms with van der Waals surface area (Å²) in [6, 6.07) is 14.2. The van der Waals surface area contributed by atoms with E-state index in [0.29, 0.717) is 11.1 Å². The number of nitrogens with two attached hydrogens (primary N) is 1. The highest BCUT2D eigenvalue weighted by atomic mass is 19.1. The van der Waals surface area contributed by atoms with E-state index in [1.165, 1.54) is 12.1 Å². The fraction of sp³-hybridized carbons (Fsp3) is 0.182. The van der Waals surface area contributed by atoms with Crippen molar-refractivity contribution in [3.63, 3.8) is 0 Å². The van der Waals surface area contributed by atoms with Gasteiger partial charge in [0, 0.05) is 35.4 Å². The van der Waals surface area contributed by atoms with E-state index in [1.807, 2.05) is 47.5 Å². The molecule has 1 aliphatic heterocycles. The van der Waals surface area contributed by atoms with Crippen LogP contribution in [-0.2, 0) is 6.42 Å². The van der Waals surface area contributed by atoms with E-state index < -0.39 is 23.8 Å². The maximum atomic E-state index is 13.6. The van der Waals surface area contributed by atoms with Crippen LogP contribution in [0.3, 0.4) is 0 Å². The molecule has 0 spiro atoms. The second kappa shape index (κ2) is 7.97. The molecule has 2 atom stereocenters. The molecule has 0 aliphatic carbocycles. The average Bonchev–Trinajstić information content (AvgIpc) is 2.72. The van der Waals surface area contributed by atoms with Gasteiger partial charge in [0.25, 0.3) is 0 Å². The molecule has 1 aliphatic rings. The first kappa shape index (κ1) is 19.0. The quantitative estimate of drug-likeness (QED) is 0.720. The van der Waals surface area contributed by atoms with Crippen LogP contribution in [0.15, 0.2) is 65.8 Å². The van der Waals surface area contributed by atoms with Crippen molar-refractivity contribution in [1.82, 2.24) is 4.98 Å². The molecule has 4 rings (SSSR count). The van der Waals surface area contributed by atoms with E-state index in [-0.39, 0.29) is 6.42 Å². The van der Waals surface area contributed by atoms with E-state index in [9.17, 15) is 8.78 Å². The second-order valence-electron chi connectivity index (χ2n) is 6.84. The van der Waals surface area contributed by atoms with Crippen molar-refractivity contribution in [2.75, 3.05) is 12.0 Å². The molecule has 0 radical (unpaired) electrons. The molecule has 0 amide bonds. The summed E-state index contributed by atoms with van der Waals surface area (Å²) in [4.78, 5) is 11.0. The standard InChI is InChI=1S/C22H20F2N4O/c1-29-19-6-4-18(5-7-19)28-13-15-3-2-8-26-21(15)27-22(28)20(25)11-14-9-16(23)12-17(24)10-14/h2-10,12-13,20,22H,11,25H2,1H3/t20?,22-/m1/s1. The molecule has 0 bridgehead atoms. The van der Waals surface area contributed by atoms with Crippen LogP contribution in [0.1, 0.15) is 5.56 Å². The molecule has 0 fully saturated rings. The lowest BCUT2D eigenvalue weighted by molar-refractivity contribution is 0.414. The van der Waals surface area contributed by atoms with Crippen LogP contribution >= 0.6 is 0 Å². The average molecular weight is 394 g/mol. The number of fused-ring (bicyclic) bond motifs is 1. The van der Waals surface area contributed by atoms with E-state index >= 15 is 0 Å². The van der Waals surface area contributed by atoms with Crippen LogP contribution in [0.2, 0.25) is 0 Å². The zero-order valence-electron chi connectivity index (χ0n) is 15.8. The number of hydrogen-bond acceptors (Lipinski definition) is 5. The molecular weight excluding hydrogens is 374 g/mol. The lowest BCUT2D eigenvalue weighted by Gasteiger charge is -2.33. The van der Waals surface area contributed by atoms with Gasteiger partial charge in [-0.2, -0.15) is 0 Å². The zero-order valence-corrected chi connectivity index (χ0v) is 15.8. The number of benzene rings is 2. The Balaban J connectivity index is 1.71. The van der Waals surface area contributed by atoms with Crippen molar-refractivity contribution in [2.45, 2.75) is 18.6 Å². The summed E-state index contributed by atoms with van der Waals surface area (Å²) in [5, 5.41) is 0.864. The molecule has 148 valence electrons. The number of nitrogens with zero attached hydrogens (tertiary/aromatic N) is 3. The van der Waals surface area contributed by atoms with E-state index in [0.717, 1.165) is 22.7 Å². The number of anilines is 1. The number of ether oxygens (including phenoxy) is 1. The van der Waals surface area contributed by atoms with Gasteiger partial charge in [-0.15, -0.1) is 0 Å². The minimum Gasteiger partial charge on any atom is -0.497 e. The molecule has 2 N–H and O–H groups in total. The second-order valence-corrected chi connectivity index (χ2v) is 6.84. The Morgan fingerprint density at radius 3 is 2.52 bits per heavy atom. The summed E-state index contributed by atoms with van der Waals surface area (Å²) >= 11 is 0. The molecule has 2 aromatic carbocycles. The molecule has 29 heavy (non-hydrogen) atoms. The Bertz CT molecular complexity index is 1110. The number of hydrogen-bond donors (Lipinski definition) is 1. The Kier molecular flexibility index (Phi) is 5.22. The van der Waals surface area contributed by atoms with Crippen molar-refractivity contribution in [1.29, 1.82) is 0 Å². The molecule has 0 saturated heterocycles. The van der Waals surface area contributed by atoms with Crippen molar-refractivity contribution >= 4 is 11.9 Å². The predicted molar refractivity (Wildman–Crippen MR) is 107 cm³/mol. The summed E-state index contributed by atoms with van der Waals surface area (Å²) in [5.41, 5.74) is 8.40. The summed E-state index contributed by atoms with van der Waals surface area (Å²) in [5.74, 6) is -0.516. The Labute approximate surface area is 166 Å². The highest BCUT2D eigenvalue weighted by Crippen LogP contribution is 2.24. The molecule has 1 unspecified atom stereocenters. The monoisotopic (exact) mass is 394 g/mol. The lowest BCUT2D eigenvalue weighted by atomic mass is 10.0. The van der Waals surface area contributed by atoms with Crippen LogP contribution in [0.25, 0.3) is 6.20 Å². The van der Waals surface area contributed by atoms with Gasteiger partial charge in [0.2, 0.25) is 0 Å². The van der Waals surface area contributed by atoms with Gasteiger partial charge in [0.1, 0.15) is 23.5 Å². The van der Waals surface area contributed by atoms with Crippen LogP contribution in [-0.4, -0.2) is 24.3 Å². The van der Waals surface area contributed by atoms with Gasteiger partial charge < -0.3 is 15.4 Å². The fourth-order valence-electron chi connectivity index (χ4n) is 3.42. The topological polar surface area (TPSA) is 63.7 Å². The lowest BCUT2D eigenvalue weighted by Crippen LogP contribution is -2.52. The number of rotatable bonds is 5. The Morgan fingerprint density at radius 2 is 1.83 bits per heavy atom. The molecule has 3 aromatic rings. The van der Waals surface area contributed by atoms with Crippen molar-refractivity contribution in [3.05, 3.63) is 88.7 Å². The van der Waals surface area contributed by atoms with Crippen LogP contribution < -0.4 is 26.1 Å². The summed E-state index contributed by atoms with van der Waals surface area (Å²) in [6.07, 6.45) is 3.38. The minimum atomic E-state index is -0.627. The van der Waals surface area contributed by atoms with Gasteiger partial charge in [0.05, 0.1) is 7.11 Å². The maximum Gasteiger partial charge on any atom is 0.158 e. The molecule has 5 nitrogen and oxygen atoms in total. The summed E-state index contributed by atoms with van der Waals surface area (Å²) < 4.78 is 32.4. The van der Waals surface area contributed by atoms with Crippen molar-refractivity contribution in [3.8, 4) is 5.75 Å². The molecule has 2 heterocycles. The van der Waals surface area contributed by atoms with Gasteiger partial charge in [0.15, 0.2) is 5.49 Å². The van der Waals surface area contributed by atoms with Gasteiger partial charge in [-0.25, -0.2) is 18.8 Å². The summed E-state index contributed by atoms with van der Waals surface area (Å²) in [7, 11) is 1.61. The SMILES string of the molecule is COc1ccc(N2C=c3cccnc3=N[C@H]2C(N)Cc2cc(F)cc(F)c2)cc1. The smallest absolute Gasteiger partial charge is 0.158 e. The van der Waals surface area contributed by atoms with E-state index in [4.69, 9.17) is 15.5 Å². The number of pyridine rings is 1. The minimum absolute atomic E-state index is 0.255. The third kappa shape index (κ3) is 4.09. The maximum absolute atomic E-state index is 13.6. The molecule has 1 aromatic heterocycles. The zero-order chi connectivity index (χ0) is 20.4. The van der Waals surface area contributed by atoms with Gasteiger partial charge in [-0.05, 0) is 60.5 Å². The normalized spacial score (nSPS) is 16.4. The Morgan fingerprint density at radius 1 is 1.10 bits per heavy atom. The fourth-order valence-corrected chi connectivity index (χ4v) is 3.42. The van der Waals surface area contributed by atoms with Crippen LogP contribution in [0.4, 0.5) is 14.5 Å². The third-order valence-corrected chi connectivity index (χ3v) is 4.78. The molecule has 0 saturated carbocycles. The first-order chi connectivity index (χ1) is 14.0. The number of methoxy groups -OCH3 is 1. The van der Waals surface area contributed by atoms with Crippen LogP contribution in [0.5, 0.6) is 5.75 Å². The van der Waals surface area contributed by atoms with Gasteiger partial charge >= 0.3 is 0 Å². The highest BCUT2D eigenvalue weighted by molar-refractivity contribution is 5.61. The van der Waals surface area contributed by atoms with E-state index in [1.54, 1.807) is 13.3 Å². The Hall–Kier alpha value is -3.32. The van der Waals surface area contributed by atoms with Crippen molar-refractivity contribution < 1.29 is 13.5 Å².